The Balaban J connectivity index is 1.72. The Hall–Kier alpha value is -1.62. The van der Waals surface area contributed by atoms with Crippen LogP contribution in [0.15, 0.2) is 24.3 Å². The molecule has 0 unspecified atom stereocenters. The summed E-state index contributed by atoms with van der Waals surface area (Å²) in [5.74, 6) is -0.130. The van der Waals surface area contributed by atoms with E-state index in [2.05, 4.69) is 10.2 Å². The lowest BCUT2D eigenvalue weighted by Gasteiger charge is -2.34. The molecule has 4 nitrogen and oxygen atoms in total. The molecule has 1 aromatic rings. The standard InChI is InChI=1S/C16H24FN3O/c1-2-8-18-16(21)20-12-10-19(11-13-20)9-7-14-5-3-4-6-15(14)17/h3-6H,2,7-13H2,1H3,(H,18,21). The molecule has 0 radical (unpaired) electrons. The molecule has 0 aliphatic carbocycles. The van der Waals surface area contributed by atoms with Crippen molar-refractivity contribution in [3.8, 4) is 0 Å². The number of carbonyl (C=O) groups excluding carboxylic acids is 1. The van der Waals surface area contributed by atoms with Gasteiger partial charge in [0.2, 0.25) is 0 Å². The molecule has 1 aromatic carbocycles. The normalized spacial score (nSPS) is 16.0. The molecular weight excluding hydrogens is 269 g/mol. The molecule has 0 spiro atoms. The molecule has 0 saturated carbocycles. The second-order valence-corrected chi connectivity index (χ2v) is 5.40. The molecule has 1 fully saturated rings. The van der Waals surface area contributed by atoms with Crippen molar-refractivity contribution in [1.29, 1.82) is 0 Å². The third-order valence-corrected chi connectivity index (χ3v) is 3.84. The number of hydrogen-bond donors (Lipinski definition) is 1. The lowest BCUT2D eigenvalue weighted by molar-refractivity contribution is 0.140. The van der Waals surface area contributed by atoms with Crippen LogP contribution in [-0.2, 0) is 6.42 Å². The van der Waals surface area contributed by atoms with Crippen LogP contribution in [0, 0.1) is 5.82 Å². The van der Waals surface area contributed by atoms with Gasteiger partial charge < -0.3 is 10.2 Å². The van der Waals surface area contributed by atoms with E-state index in [1.165, 1.54) is 6.07 Å². The van der Waals surface area contributed by atoms with Gasteiger partial charge in [-0.2, -0.15) is 0 Å². The molecule has 0 bridgehead atoms. The smallest absolute Gasteiger partial charge is 0.317 e. The van der Waals surface area contributed by atoms with Crippen LogP contribution < -0.4 is 5.32 Å². The van der Waals surface area contributed by atoms with Gasteiger partial charge in [0.25, 0.3) is 0 Å². The third kappa shape index (κ3) is 4.70. The minimum absolute atomic E-state index is 0.0330. The van der Waals surface area contributed by atoms with Crippen LogP contribution in [-0.4, -0.2) is 55.1 Å². The Bertz CT molecular complexity index is 459. The van der Waals surface area contributed by atoms with Crippen LogP contribution >= 0.6 is 0 Å². The van der Waals surface area contributed by atoms with Crippen LogP contribution in [0.5, 0.6) is 0 Å². The van der Waals surface area contributed by atoms with E-state index >= 15 is 0 Å². The molecule has 1 aliphatic heterocycles. The molecule has 5 heteroatoms. The van der Waals surface area contributed by atoms with Crippen LogP contribution in [0.3, 0.4) is 0 Å². The third-order valence-electron chi connectivity index (χ3n) is 3.84. The van der Waals surface area contributed by atoms with E-state index in [-0.39, 0.29) is 11.8 Å². The van der Waals surface area contributed by atoms with Gasteiger partial charge in [0, 0.05) is 39.3 Å². The number of amides is 2. The fourth-order valence-electron chi connectivity index (χ4n) is 2.50. The lowest BCUT2D eigenvalue weighted by Crippen LogP contribution is -2.52. The number of carbonyl (C=O) groups is 1. The molecule has 0 aromatic heterocycles. The monoisotopic (exact) mass is 293 g/mol. The van der Waals surface area contributed by atoms with Gasteiger partial charge in [-0.25, -0.2) is 9.18 Å². The van der Waals surface area contributed by atoms with Crippen LogP contribution in [0.4, 0.5) is 9.18 Å². The number of rotatable bonds is 5. The molecule has 116 valence electrons. The molecule has 2 amide bonds. The summed E-state index contributed by atoms with van der Waals surface area (Å²) in [5.41, 5.74) is 0.764. The van der Waals surface area contributed by atoms with E-state index in [1.807, 2.05) is 24.0 Å². The highest BCUT2D eigenvalue weighted by Crippen LogP contribution is 2.09. The summed E-state index contributed by atoms with van der Waals surface area (Å²) in [4.78, 5) is 16.0. The predicted molar refractivity (Wildman–Crippen MR) is 81.8 cm³/mol. The zero-order valence-corrected chi connectivity index (χ0v) is 12.6. The summed E-state index contributed by atoms with van der Waals surface area (Å²) >= 11 is 0. The van der Waals surface area contributed by atoms with Gasteiger partial charge in [0.1, 0.15) is 5.82 Å². The van der Waals surface area contributed by atoms with Crippen molar-refractivity contribution in [2.45, 2.75) is 19.8 Å². The number of hydrogen-bond acceptors (Lipinski definition) is 2. The van der Waals surface area contributed by atoms with Gasteiger partial charge in [-0.3, -0.25) is 4.90 Å². The van der Waals surface area contributed by atoms with Crippen molar-refractivity contribution >= 4 is 6.03 Å². The summed E-state index contributed by atoms with van der Waals surface area (Å²) in [6, 6.07) is 6.96. The molecule has 21 heavy (non-hydrogen) atoms. The molecular formula is C16H24FN3O. The van der Waals surface area contributed by atoms with Crippen molar-refractivity contribution in [2.75, 3.05) is 39.3 Å². The first-order valence-electron chi connectivity index (χ1n) is 7.69. The van der Waals surface area contributed by atoms with Gasteiger partial charge in [0.15, 0.2) is 0 Å². The number of urea groups is 1. The molecule has 1 saturated heterocycles. The number of nitrogens with zero attached hydrogens (tertiary/aromatic N) is 2. The minimum Gasteiger partial charge on any atom is -0.338 e. The summed E-state index contributed by atoms with van der Waals surface area (Å²) in [7, 11) is 0. The lowest BCUT2D eigenvalue weighted by atomic mass is 10.1. The maximum Gasteiger partial charge on any atom is 0.317 e. The summed E-state index contributed by atoms with van der Waals surface area (Å²) < 4.78 is 13.6. The molecule has 2 rings (SSSR count). The topological polar surface area (TPSA) is 35.6 Å². The fourth-order valence-corrected chi connectivity index (χ4v) is 2.50. The van der Waals surface area contributed by atoms with Crippen molar-refractivity contribution in [3.63, 3.8) is 0 Å². The van der Waals surface area contributed by atoms with Crippen LogP contribution in [0.1, 0.15) is 18.9 Å². The van der Waals surface area contributed by atoms with Crippen molar-refractivity contribution < 1.29 is 9.18 Å². The van der Waals surface area contributed by atoms with Crippen molar-refractivity contribution in [1.82, 2.24) is 15.1 Å². The highest BCUT2D eigenvalue weighted by atomic mass is 19.1. The second kappa shape index (κ2) is 7.98. The first kappa shape index (κ1) is 15.8. The van der Waals surface area contributed by atoms with Gasteiger partial charge in [-0.05, 0) is 24.5 Å². The van der Waals surface area contributed by atoms with Gasteiger partial charge in [-0.15, -0.1) is 0 Å². The fraction of sp³-hybridized carbons (Fsp3) is 0.562. The predicted octanol–water partition coefficient (Wildman–Crippen LogP) is 2.11. The number of nitrogens with one attached hydrogen (secondary N) is 1. The number of piperazine rings is 1. The maximum absolute atomic E-state index is 13.6. The Morgan fingerprint density at radius 2 is 1.95 bits per heavy atom. The van der Waals surface area contributed by atoms with E-state index < -0.39 is 0 Å². The zero-order chi connectivity index (χ0) is 15.1. The Labute approximate surface area is 125 Å². The quantitative estimate of drug-likeness (QED) is 0.902. The van der Waals surface area contributed by atoms with E-state index in [0.717, 1.165) is 51.3 Å². The maximum atomic E-state index is 13.6. The molecule has 1 aliphatic rings. The summed E-state index contributed by atoms with van der Waals surface area (Å²) in [6.07, 6.45) is 1.67. The van der Waals surface area contributed by atoms with E-state index in [0.29, 0.717) is 6.42 Å². The SMILES string of the molecule is CCCNC(=O)N1CCN(CCc2ccccc2F)CC1. The minimum atomic E-state index is -0.130. The van der Waals surface area contributed by atoms with Gasteiger partial charge in [0.05, 0.1) is 0 Å². The highest BCUT2D eigenvalue weighted by molar-refractivity contribution is 5.74. The summed E-state index contributed by atoms with van der Waals surface area (Å²) in [5, 5.41) is 2.90. The number of halogens is 1. The van der Waals surface area contributed by atoms with E-state index in [9.17, 15) is 9.18 Å². The first-order chi connectivity index (χ1) is 10.2. The molecule has 0 atom stereocenters. The summed E-state index contributed by atoms with van der Waals surface area (Å²) in [6.45, 7) is 6.81. The van der Waals surface area contributed by atoms with E-state index in [4.69, 9.17) is 0 Å². The van der Waals surface area contributed by atoms with Crippen LogP contribution in [0.25, 0.3) is 0 Å². The zero-order valence-electron chi connectivity index (χ0n) is 12.6. The average molecular weight is 293 g/mol. The Morgan fingerprint density at radius 1 is 1.24 bits per heavy atom. The second-order valence-electron chi connectivity index (χ2n) is 5.40. The average Bonchev–Trinajstić information content (AvgIpc) is 2.52. The Morgan fingerprint density at radius 3 is 2.62 bits per heavy atom. The van der Waals surface area contributed by atoms with Gasteiger partial charge in [-0.1, -0.05) is 25.1 Å². The largest absolute Gasteiger partial charge is 0.338 e. The van der Waals surface area contributed by atoms with Crippen molar-refractivity contribution in [3.05, 3.63) is 35.6 Å². The van der Waals surface area contributed by atoms with Crippen LogP contribution in [0.2, 0.25) is 0 Å². The van der Waals surface area contributed by atoms with Gasteiger partial charge >= 0.3 is 6.03 Å². The first-order valence-corrected chi connectivity index (χ1v) is 7.69. The molecule has 1 N–H and O–H groups in total. The Kier molecular flexibility index (Phi) is 5.99. The highest BCUT2D eigenvalue weighted by Gasteiger charge is 2.20. The number of benzene rings is 1. The van der Waals surface area contributed by atoms with Crippen molar-refractivity contribution in [2.24, 2.45) is 0 Å². The van der Waals surface area contributed by atoms with E-state index in [1.54, 1.807) is 6.07 Å². The molecule has 1 heterocycles.